The Morgan fingerprint density at radius 1 is 1.24 bits per heavy atom. The monoisotopic (exact) mass is 299 g/mol. The quantitative estimate of drug-likeness (QED) is 0.786. The van der Waals surface area contributed by atoms with E-state index >= 15 is 0 Å². The highest BCUT2D eigenvalue weighted by molar-refractivity contribution is 7.10. The van der Waals surface area contributed by atoms with Crippen molar-refractivity contribution in [3.63, 3.8) is 0 Å². The predicted octanol–water partition coefficient (Wildman–Crippen LogP) is 4.12. The first kappa shape index (κ1) is 14.3. The average molecular weight is 299 g/mol. The average Bonchev–Trinajstić information content (AvgIpc) is 3.23. The van der Waals surface area contributed by atoms with Crippen molar-refractivity contribution < 1.29 is 4.79 Å². The Balaban J connectivity index is 1.73. The highest BCUT2D eigenvalue weighted by Gasteiger charge is 2.34. The zero-order chi connectivity index (χ0) is 14.7. The Hall–Kier alpha value is -1.61. The van der Waals surface area contributed by atoms with Crippen LogP contribution in [0.15, 0.2) is 47.8 Å². The van der Waals surface area contributed by atoms with E-state index in [-0.39, 0.29) is 5.91 Å². The minimum Gasteiger partial charge on any atom is -0.335 e. The molecule has 0 bridgehead atoms. The summed E-state index contributed by atoms with van der Waals surface area (Å²) in [4.78, 5) is 16.0. The number of hydrogen-bond donors (Lipinski definition) is 0. The zero-order valence-electron chi connectivity index (χ0n) is 12.4. The van der Waals surface area contributed by atoms with Crippen molar-refractivity contribution in [2.45, 2.75) is 38.8 Å². The predicted molar refractivity (Wildman–Crippen MR) is 87.2 cm³/mol. The van der Waals surface area contributed by atoms with E-state index in [9.17, 15) is 4.79 Å². The van der Waals surface area contributed by atoms with Gasteiger partial charge in [-0.25, -0.2) is 0 Å². The maximum absolute atomic E-state index is 12.7. The van der Waals surface area contributed by atoms with Gasteiger partial charge in [-0.3, -0.25) is 4.79 Å². The summed E-state index contributed by atoms with van der Waals surface area (Å²) in [5.74, 6) is 0.946. The molecule has 2 nitrogen and oxygen atoms in total. The Morgan fingerprint density at radius 3 is 2.62 bits per heavy atom. The van der Waals surface area contributed by atoms with Gasteiger partial charge >= 0.3 is 0 Å². The van der Waals surface area contributed by atoms with Crippen LogP contribution in [0.3, 0.4) is 0 Å². The van der Waals surface area contributed by atoms with Gasteiger partial charge in [0.15, 0.2) is 0 Å². The number of carbonyl (C=O) groups excluding carboxylic acids is 1. The Morgan fingerprint density at radius 2 is 2.00 bits per heavy atom. The van der Waals surface area contributed by atoms with E-state index in [4.69, 9.17) is 0 Å². The van der Waals surface area contributed by atoms with Gasteiger partial charge in [0.25, 0.3) is 0 Å². The van der Waals surface area contributed by atoms with Crippen LogP contribution < -0.4 is 0 Å². The van der Waals surface area contributed by atoms with Crippen LogP contribution in [0.25, 0.3) is 0 Å². The summed E-state index contributed by atoms with van der Waals surface area (Å²) in [6.07, 6.45) is 3.05. The molecule has 1 saturated carbocycles. The smallest absolute Gasteiger partial charge is 0.228 e. The summed E-state index contributed by atoms with van der Waals surface area (Å²) >= 11 is 1.66. The summed E-state index contributed by atoms with van der Waals surface area (Å²) in [6.45, 7) is 2.93. The Kier molecular flexibility index (Phi) is 4.39. The van der Waals surface area contributed by atoms with E-state index in [1.807, 2.05) is 35.7 Å². The Labute approximate surface area is 130 Å². The van der Waals surface area contributed by atoms with Crippen LogP contribution in [0.5, 0.6) is 0 Å². The van der Waals surface area contributed by atoms with Crippen molar-refractivity contribution >= 4 is 17.2 Å². The van der Waals surface area contributed by atoms with Crippen molar-refractivity contribution in [3.8, 4) is 0 Å². The molecule has 1 unspecified atom stereocenters. The molecule has 0 spiro atoms. The minimum absolute atomic E-state index is 0.251. The van der Waals surface area contributed by atoms with Crippen LogP contribution >= 0.6 is 11.3 Å². The second-order valence-corrected chi connectivity index (χ2v) is 6.87. The molecule has 0 radical (unpaired) electrons. The third-order valence-corrected chi connectivity index (χ3v) is 5.09. The van der Waals surface area contributed by atoms with Gasteiger partial charge in [-0.05, 0) is 42.7 Å². The number of nitrogens with zero attached hydrogens (tertiary/aromatic N) is 1. The SMILES string of the molecule is CC(C1CC1)N(Cc1ccccc1)C(=O)Cc1cccs1. The van der Waals surface area contributed by atoms with E-state index in [1.165, 1.54) is 18.4 Å². The number of rotatable bonds is 6. The van der Waals surface area contributed by atoms with Gasteiger partial charge < -0.3 is 4.90 Å². The topological polar surface area (TPSA) is 20.3 Å². The summed E-state index contributed by atoms with van der Waals surface area (Å²) < 4.78 is 0. The lowest BCUT2D eigenvalue weighted by atomic mass is 10.1. The van der Waals surface area contributed by atoms with Crippen molar-refractivity contribution in [2.75, 3.05) is 0 Å². The largest absolute Gasteiger partial charge is 0.335 e. The number of thiophene rings is 1. The van der Waals surface area contributed by atoms with E-state index < -0.39 is 0 Å². The molecule has 1 aromatic carbocycles. The van der Waals surface area contributed by atoms with Crippen LogP contribution in [0.4, 0.5) is 0 Å². The molecular formula is C18H21NOS. The molecule has 0 N–H and O–H groups in total. The fourth-order valence-corrected chi connectivity index (χ4v) is 3.43. The van der Waals surface area contributed by atoms with Crippen LogP contribution in [0, 0.1) is 5.92 Å². The molecule has 21 heavy (non-hydrogen) atoms. The van der Waals surface area contributed by atoms with Gasteiger partial charge in [0.05, 0.1) is 6.42 Å². The molecular weight excluding hydrogens is 278 g/mol. The van der Waals surface area contributed by atoms with Crippen molar-refractivity contribution in [1.29, 1.82) is 0 Å². The number of hydrogen-bond acceptors (Lipinski definition) is 2. The number of benzene rings is 1. The summed E-state index contributed by atoms with van der Waals surface area (Å²) in [5.41, 5.74) is 1.21. The summed E-state index contributed by atoms with van der Waals surface area (Å²) in [7, 11) is 0. The minimum atomic E-state index is 0.251. The maximum atomic E-state index is 12.7. The first-order valence-corrected chi connectivity index (χ1v) is 8.48. The molecule has 1 aromatic heterocycles. The molecule has 3 heteroatoms. The standard InChI is InChI=1S/C18H21NOS/c1-14(16-9-10-16)19(13-15-6-3-2-4-7-15)18(20)12-17-8-5-11-21-17/h2-8,11,14,16H,9-10,12-13H2,1H3. The third kappa shape index (κ3) is 3.73. The van der Waals surface area contributed by atoms with Gasteiger partial charge in [-0.2, -0.15) is 0 Å². The van der Waals surface area contributed by atoms with Gasteiger partial charge in [0, 0.05) is 17.5 Å². The van der Waals surface area contributed by atoms with Crippen LogP contribution in [-0.2, 0) is 17.8 Å². The fourth-order valence-electron chi connectivity index (χ4n) is 2.74. The third-order valence-electron chi connectivity index (χ3n) is 4.22. The molecule has 1 heterocycles. The van der Waals surface area contributed by atoms with E-state index in [0.717, 1.165) is 11.4 Å². The van der Waals surface area contributed by atoms with Gasteiger partial charge in [0.2, 0.25) is 5.91 Å². The van der Waals surface area contributed by atoms with E-state index in [2.05, 4.69) is 24.0 Å². The van der Waals surface area contributed by atoms with Gasteiger partial charge in [0.1, 0.15) is 0 Å². The second kappa shape index (κ2) is 6.44. The van der Waals surface area contributed by atoms with Gasteiger partial charge in [-0.1, -0.05) is 36.4 Å². The van der Waals surface area contributed by atoms with Crippen molar-refractivity contribution in [3.05, 3.63) is 58.3 Å². The second-order valence-electron chi connectivity index (χ2n) is 5.84. The van der Waals surface area contributed by atoms with Gasteiger partial charge in [-0.15, -0.1) is 11.3 Å². The molecule has 0 saturated heterocycles. The number of amides is 1. The maximum Gasteiger partial charge on any atom is 0.228 e. The number of carbonyl (C=O) groups is 1. The lowest BCUT2D eigenvalue weighted by Crippen LogP contribution is -2.40. The highest BCUT2D eigenvalue weighted by Crippen LogP contribution is 2.36. The summed E-state index contributed by atoms with van der Waals surface area (Å²) in [5, 5.41) is 2.04. The molecule has 0 aliphatic heterocycles. The molecule has 1 fully saturated rings. The molecule has 1 aliphatic carbocycles. The van der Waals surface area contributed by atoms with Crippen LogP contribution in [0.2, 0.25) is 0 Å². The highest BCUT2D eigenvalue weighted by atomic mass is 32.1. The molecule has 1 aliphatic rings. The normalized spacial score (nSPS) is 15.7. The van der Waals surface area contributed by atoms with Crippen LogP contribution in [0.1, 0.15) is 30.2 Å². The molecule has 1 atom stereocenters. The van der Waals surface area contributed by atoms with E-state index in [0.29, 0.717) is 18.4 Å². The molecule has 3 rings (SSSR count). The van der Waals surface area contributed by atoms with Crippen molar-refractivity contribution in [1.82, 2.24) is 4.90 Å². The molecule has 110 valence electrons. The fraction of sp³-hybridized carbons (Fsp3) is 0.389. The lowest BCUT2D eigenvalue weighted by molar-refractivity contribution is -0.133. The first-order valence-electron chi connectivity index (χ1n) is 7.60. The van der Waals surface area contributed by atoms with E-state index in [1.54, 1.807) is 11.3 Å². The zero-order valence-corrected chi connectivity index (χ0v) is 13.2. The summed E-state index contributed by atoms with van der Waals surface area (Å²) in [6, 6.07) is 14.7. The lowest BCUT2D eigenvalue weighted by Gasteiger charge is -2.29. The van der Waals surface area contributed by atoms with Crippen molar-refractivity contribution in [2.24, 2.45) is 5.92 Å². The molecule has 2 aromatic rings. The first-order chi connectivity index (χ1) is 10.2. The van der Waals surface area contributed by atoms with Crippen LogP contribution in [-0.4, -0.2) is 16.8 Å². The Bertz CT molecular complexity index is 575. The molecule has 1 amide bonds.